The summed E-state index contributed by atoms with van der Waals surface area (Å²) in [5.74, 6) is 0. The highest BCUT2D eigenvalue weighted by Gasteiger charge is 2.15. The predicted octanol–water partition coefficient (Wildman–Crippen LogP) is 6.42. The number of allylic oxidation sites excluding steroid dienone is 1. The third-order valence-electron chi connectivity index (χ3n) is 4.21. The maximum atomic E-state index is 3.78. The number of benzene rings is 2. The smallest absolute Gasteiger partial charge is 0.0259 e. The molecule has 0 unspecified atom stereocenters. The van der Waals surface area contributed by atoms with Gasteiger partial charge in [0.15, 0.2) is 0 Å². The molecule has 0 N–H and O–H groups in total. The molecule has 0 heterocycles. The van der Waals surface area contributed by atoms with Crippen LogP contribution in [0.5, 0.6) is 0 Å². The maximum Gasteiger partial charge on any atom is 0.0259 e. The summed E-state index contributed by atoms with van der Waals surface area (Å²) in [6.45, 7) is 4.46. The number of rotatable bonds is 4. The molecule has 0 aromatic heterocycles. The zero-order valence-electron chi connectivity index (χ0n) is 12.7. The summed E-state index contributed by atoms with van der Waals surface area (Å²) in [6, 6.07) is 13.5. The van der Waals surface area contributed by atoms with Gasteiger partial charge in [-0.25, -0.2) is 0 Å². The molecule has 0 saturated heterocycles. The zero-order valence-corrected chi connectivity index (χ0v) is 14.3. The first-order valence-corrected chi connectivity index (χ1v) is 8.56. The van der Waals surface area contributed by atoms with Gasteiger partial charge >= 0.3 is 0 Å². The van der Waals surface area contributed by atoms with Crippen LogP contribution in [0.1, 0.15) is 43.4 Å². The van der Waals surface area contributed by atoms with Gasteiger partial charge in [-0.1, -0.05) is 65.2 Å². The molecule has 0 aliphatic heterocycles. The summed E-state index contributed by atoms with van der Waals surface area (Å²) in [7, 11) is 0. The number of halogens is 1. The molecule has 0 nitrogen and oxygen atoms in total. The molecule has 0 saturated carbocycles. The predicted molar refractivity (Wildman–Crippen MR) is 95.5 cm³/mol. The lowest BCUT2D eigenvalue weighted by atomic mass is 9.94. The Morgan fingerprint density at radius 1 is 1.10 bits per heavy atom. The minimum atomic E-state index is 1.09. The van der Waals surface area contributed by atoms with E-state index in [1.165, 1.54) is 50.7 Å². The van der Waals surface area contributed by atoms with Gasteiger partial charge in [-0.05, 0) is 66.1 Å². The topological polar surface area (TPSA) is 0 Å². The average Bonchev–Trinajstić information content (AvgIpc) is 2.83. The fourth-order valence-electron chi connectivity index (χ4n) is 3.11. The van der Waals surface area contributed by atoms with E-state index in [-0.39, 0.29) is 0 Å². The molecule has 108 valence electrons. The molecule has 1 aliphatic rings. The number of aryl methyl sites for hydroxylation is 1. The standard InChI is InChI=1S/C20H21Br/c1-3-4-7-15-8-5-6-9-18(15)19-12-16-10-14(2)11-17(16)13-20(19)21/h5-6,8-9,11-13H,3-4,7,10H2,1-2H3. The fourth-order valence-corrected chi connectivity index (χ4v) is 3.69. The van der Waals surface area contributed by atoms with Crippen LogP contribution in [0.25, 0.3) is 17.2 Å². The van der Waals surface area contributed by atoms with Crippen LogP contribution in [0.15, 0.2) is 46.4 Å². The summed E-state index contributed by atoms with van der Waals surface area (Å²) >= 11 is 3.78. The Hall–Kier alpha value is -1.34. The molecule has 0 radical (unpaired) electrons. The van der Waals surface area contributed by atoms with Gasteiger partial charge in [0.1, 0.15) is 0 Å². The van der Waals surface area contributed by atoms with Crippen molar-refractivity contribution in [1.82, 2.24) is 0 Å². The van der Waals surface area contributed by atoms with Gasteiger partial charge in [0.2, 0.25) is 0 Å². The van der Waals surface area contributed by atoms with Crippen molar-refractivity contribution in [3.63, 3.8) is 0 Å². The molecular weight excluding hydrogens is 320 g/mol. The number of unbranched alkanes of at least 4 members (excludes halogenated alkanes) is 1. The highest BCUT2D eigenvalue weighted by molar-refractivity contribution is 9.10. The fraction of sp³-hybridized carbons (Fsp3) is 0.300. The summed E-state index contributed by atoms with van der Waals surface area (Å²) in [5, 5.41) is 0. The van der Waals surface area contributed by atoms with Crippen molar-refractivity contribution in [3.8, 4) is 11.1 Å². The number of fused-ring (bicyclic) bond motifs is 1. The minimum absolute atomic E-state index is 1.09. The van der Waals surface area contributed by atoms with Crippen molar-refractivity contribution in [2.45, 2.75) is 39.5 Å². The first kappa shape index (κ1) is 14.6. The van der Waals surface area contributed by atoms with Crippen molar-refractivity contribution >= 4 is 22.0 Å². The Bertz CT molecular complexity index is 695. The molecule has 3 rings (SSSR count). The second-order valence-corrected chi connectivity index (χ2v) is 6.81. The van der Waals surface area contributed by atoms with E-state index in [2.05, 4.69) is 72.3 Å². The highest BCUT2D eigenvalue weighted by atomic mass is 79.9. The normalized spacial score (nSPS) is 13.2. The maximum absolute atomic E-state index is 3.78. The van der Waals surface area contributed by atoms with Crippen LogP contribution < -0.4 is 0 Å². The van der Waals surface area contributed by atoms with E-state index >= 15 is 0 Å². The van der Waals surface area contributed by atoms with Crippen LogP contribution in [0.4, 0.5) is 0 Å². The lowest BCUT2D eigenvalue weighted by Gasteiger charge is -2.13. The second kappa shape index (κ2) is 6.19. The van der Waals surface area contributed by atoms with E-state index in [1.54, 1.807) is 0 Å². The third-order valence-corrected chi connectivity index (χ3v) is 4.86. The van der Waals surface area contributed by atoms with E-state index in [0.717, 1.165) is 12.8 Å². The SMILES string of the molecule is CCCCc1ccccc1-c1cc2c(cc1Br)C=C(C)C2. The number of hydrogen-bond donors (Lipinski definition) is 0. The van der Waals surface area contributed by atoms with Crippen molar-refractivity contribution in [2.75, 3.05) is 0 Å². The van der Waals surface area contributed by atoms with Crippen LogP contribution in [-0.2, 0) is 12.8 Å². The molecule has 21 heavy (non-hydrogen) atoms. The molecule has 0 atom stereocenters. The molecule has 2 aromatic carbocycles. The van der Waals surface area contributed by atoms with Gasteiger partial charge in [-0.2, -0.15) is 0 Å². The Morgan fingerprint density at radius 3 is 2.71 bits per heavy atom. The largest absolute Gasteiger partial charge is 0.0683 e. The lowest BCUT2D eigenvalue weighted by Crippen LogP contribution is -1.93. The molecule has 0 fully saturated rings. The van der Waals surface area contributed by atoms with Crippen LogP contribution in [0, 0.1) is 0 Å². The van der Waals surface area contributed by atoms with E-state index in [0.29, 0.717) is 0 Å². The van der Waals surface area contributed by atoms with Gasteiger partial charge in [0, 0.05) is 4.47 Å². The van der Waals surface area contributed by atoms with Crippen LogP contribution in [0.2, 0.25) is 0 Å². The van der Waals surface area contributed by atoms with Crippen molar-refractivity contribution in [1.29, 1.82) is 0 Å². The monoisotopic (exact) mass is 340 g/mol. The molecule has 0 bridgehead atoms. The average molecular weight is 341 g/mol. The van der Waals surface area contributed by atoms with Gasteiger partial charge in [-0.3, -0.25) is 0 Å². The summed E-state index contributed by atoms with van der Waals surface area (Å²) < 4.78 is 1.20. The third kappa shape index (κ3) is 2.98. The van der Waals surface area contributed by atoms with E-state index in [1.807, 2.05) is 0 Å². The van der Waals surface area contributed by atoms with Crippen LogP contribution in [0.3, 0.4) is 0 Å². The Balaban J connectivity index is 2.05. The van der Waals surface area contributed by atoms with Gasteiger partial charge in [0.05, 0.1) is 0 Å². The first-order valence-electron chi connectivity index (χ1n) is 7.77. The highest BCUT2D eigenvalue weighted by Crippen LogP contribution is 2.37. The lowest BCUT2D eigenvalue weighted by molar-refractivity contribution is 0.796. The van der Waals surface area contributed by atoms with E-state index < -0.39 is 0 Å². The molecular formula is C20H21Br. The van der Waals surface area contributed by atoms with Gasteiger partial charge < -0.3 is 0 Å². The summed E-state index contributed by atoms with van der Waals surface area (Å²) in [5.41, 5.74) is 8.45. The molecule has 1 aliphatic carbocycles. The molecule has 1 heteroatoms. The molecule has 2 aromatic rings. The van der Waals surface area contributed by atoms with Crippen molar-refractivity contribution < 1.29 is 0 Å². The molecule has 0 amide bonds. The van der Waals surface area contributed by atoms with E-state index in [4.69, 9.17) is 0 Å². The zero-order chi connectivity index (χ0) is 14.8. The second-order valence-electron chi connectivity index (χ2n) is 5.96. The van der Waals surface area contributed by atoms with Gasteiger partial charge in [-0.15, -0.1) is 0 Å². The Kier molecular flexibility index (Phi) is 4.30. The van der Waals surface area contributed by atoms with Crippen LogP contribution in [-0.4, -0.2) is 0 Å². The Morgan fingerprint density at radius 2 is 1.90 bits per heavy atom. The number of hydrogen-bond acceptors (Lipinski definition) is 0. The minimum Gasteiger partial charge on any atom is -0.0683 e. The summed E-state index contributed by atoms with van der Waals surface area (Å²) in [6.07, 6.45) is 7.04. The molecule has 0 spiro atoms. The quantitative estimate of drug-likeness (QED) is 0.602. The van der Waals surface area contributed by atoms with Crippen LogP contribution >= 0.6 is 15.9 Å². The van der Waals surface area contributed by atoms with Crippen molar-refractivity contribution in [3.05, 3.63) is 63.1 Å². The summed E-state index contributed by atoms with van der Waals surface area (Å²) in [4.78, 5) is 0. The Labute approximate surface area is 136 Å². The van der Waals surface area contributed by atoms with E-state index in [9.17, 15) is 0 Å². The van der Waals surface area contributed by atoms with Crippen molar-refractivity contribution in [2.24, 2.45) is 0 Å². The first-order chi connectivity index (χ1) is 10.2. The van der Waals surface area contributed by atoms with Gasteiger partial charge in [0.25, 0.3) is 0 Å².